The van der Waals surface area contributed by atoms with Gasteiger partial charge in [0.2, 0.25) is 5.91 Å². The van der Waals surface area contributed by atoms with E-state index in [2.05, 4.69) is 16.2 Å². The molecule has 0 radical (unpaired) electrons. The van der Waals surface area contributed by atoms with Crippen LogP contribution in [0, 0.1) is 16.0 Å². The van der Waals surface area contributed by atoms with Gasteiger partial charge in [0.1, 0.15) is 0 Å². The van der Waals surface area contributed by atoms with Crippen LogP contribution in [0.15, 0.2) is 24.3 Å². The van der Waals surface area contributed by atoms with Crippen LogP contribution in [0.3, 0.4) is 0 Å². The summed E-state index contributed by atoms with van der Waals surface area (Å²) in [5.74, 6) is -0.00373. The first-order valence-electron chi connectivity index (χ1n) is 7.17. The monoisotopic (exact) mass is 322 g/mol. The third kappa shape index (κ3) is 4.66. The van der Waals surface area contributed by atoms with E-state index in [9.17, 15) is 14.9 Å². The minimum absolute atomic E-state index is 0.00929. The fourth-order valence-electron chi connectivity index (χ4n) is 2.41. The summed E-state index contributed by atoms with van der Waals surface area (Å²) in [7, 11) is 0. The second-order valence-corrected chi connectivity index (χ2v) is 5.62. The quantitative estimate of drug-likeness (QED) is 0.449. The van der Waals surface area contributed by atoms with E-state index in [1.807, 2.05) is 0 Å². The Labute approximate surface area is 133 Å². The van der Waals surface area contributed by atoms with E-state index in [1.54, 1.807) is 12.1 Å². The van der Waals surface area contributed by atoms with Crippen LogP contribution in [0.5, 0.6) is 0 Å². The zero-order valence-electron chi connectivity index (χ0n) is 12.0. The van der Waals surface area contributed by atoms with Gasteiger partial charge in [-0.15, -0.1) is 0 Å². The predicted octanol–water partition coefficient (Wildman–Crippen LogP) is 2.49. The summed E-state index contributed by atoms with van der Waals surface area (Å²) in [5, 5.41) is 13.6. The van der Waals surface area contributed by atoms with Crippen LogP contribution in [0.2, 0.25) is 0 Å². The number of benzene rings is 1. The molecule has 8 heteroatoms. The van der Waals surface area contributed by atoms with E-state index in [0.717, 1.165) is 25.7 Å². The number of carbonyl (C=O) groups excluding carboxylic acids is 1. The van der Waals surface area contributed by atoms with Crippen molar-refractivity contribution in [3.8, 4) is 0 Å². The van der Waals surface area contributed by atoms with Crippen LogP contribution in [0.1, 0.15) is 32.1 Å². The highest BCUT2D eigenvalue weighted by Gasteiger charge is 2.20. The highest BCUT2D eigenvalue weighted by atomic mass is 32.1. The van der Waals surface area contributed by atoms with Crippen molar-refractivity contribution in [3.05, 3.63) is 34.4 Å². The van der Waals surface area contributed by atoms with E-state index < -0.39 is 4.92 Å². The number of nitro benzene ring substituents is 1. The Balaban J connectivity index is 1.77. The van der Waals surface area contributed by atoms with Crippen LogP contribution in [0.25, 0.3) is 0 Å². The molecule has 1 aromatic carbocycles. The number of nitrogens with zero attached hydrogens (tertiary/aromatic N) is 1. The molecule has 1 aliphatic rings. The third-order valence-electron chi connectivity index (χ3n) is 3.61. The fraction of sp³-hybridized carbons (Fsp3) is 0.429. The first kappa shape index (κ1) is 16.2. The lowest BCUT2D eigenvalue weighted by Gasteiger charge is -2.21. The normalized spacial score (nSPS) is 14.9. The summed E-state index contributed by atoms with van der Waals surface area (Å²) < 4.78 is 0. The van der Waals surface area contributed by atoms with Gasteiger partial charge in [-0.05, 0) is 37.2 Å². The summed E-state index contributed by atoms with van der Waals surface area (Å²) >= 11 is 5.07. The Morgan fingerprint density at radius 1 is 1.14 bits per heavy atom. The molecule has 0 saturated heterocycles. The maximum atomic E-state index is 11.9. The number of anilines is 1. The molecule has 0 bridgehead atoms. The number of amides is 1. The molecule has 1 saturated carbocycles. The predicted molar refractivity (Wildman–Crippen MR) is 87.2 cm³/mol. The smallest absolute Gasteiger partial charge is 0.269 e. The first-order valence-corrected chi connectivity index (χ1v) is 7.58. The number of hydrogen-bond donors (Lipinski definition) is 3. The van der Waals surface area contributed by atoms with E-state index >= 15 is 0 Å². The molecular weight excluding hydrogens is 304 g/mol. The molecule has 7 nitrogen and oxygen atoms in total. The van der Waals surface area contributed by atoms with E-state index in [1.165, 1.54) is 18.6 Å². The summed E-state index contributed by atoms with van der Waals surface area (Å²) in [5.41, 5.74) is 5.87. The number of rotatable bonds is 3. The molecule has 1 aliphatic carbocycles. The maximum absolute atomic E-state index is 11.9. The topological polar surface area (TPSA) is 96.3 Å². The second-order valence-electron chi connectivity index (χ2n) is 5.21. The molecule has 0 aliphatic heterocycles. The number of nitro groups is 1. The van der Waals surface area contributed by atoms with Gasteiger partial charge in [-0.25, -0.2) is 0 Å². The Morgan fingerprint density at radius 2 is 1.77 bits per heavy atom. The van der Waals surface area contributed by atoms with Gasteiger partial charge < -0.3 is 5.32 Å². The summed E-state index contributed by atoms with van der Waals surface area (Å²) in [6.07, 6.45) is 5.19. The number of hydrogen-bond acceptors (Lipinski definition) is 4. The van der Waals surface area contributed by atoms with Gasteiger partial charge >= 0.3 is 0 Å². The van der Waals surface area contributed by atoms with Crippen molar-refractivity contribution >= 4 is 34.6 Å². The number of hydrazine groups is 1. The molecule has 2 rings (SSSR count). The maximum Gasteiger partial charge on any atom is 0.269 e. The van der Waals surface area contributed by atoms with Crippen LogP contribution in [-0.4, -0.2) is 15.9 Å². The first-order chi connectivity index (χ1) is 10.6. The molecule has 1 amide bonds. The Morgan fingerprint density at radius 3 is 2.36 bits per heavy atom. The molecule has 118 valence electrons. The van der Waals surface area contributed by atoms with Gasteiger partial charge in [0.05, 0.1) is 4.92 Å². The van der Waals surface area contributed by atoms with E-state index in [4.69, 9.17) is 12.2 Å². The highest BCUT2D eigenvalue weighted by molar-refractivity contribution is 7.80. The van der Waals surface area contributed by atoms with Gasteiger partial charge in [0.25, 0.3) is 5.69 Å². The molecule has 0 heterocycles. The molecule has 1 fully saturated rings. The van der Waals surface area contributed by atoms with Gasteiger partial charge in [0.15, 0.2) is 5.11 Å². The summed E-state index contributed by atoms with van der Waals surface area (Å²) in [6, 6.07) is 5.86. The lowest BCUT2D eigenvalue weighted by Crippen LogP contribution is -2.46. The van der Waals surface area contributed by atoms with Crippen molar-refractivity contribution in [1.82, 2.24) is 10.9 Å². The molecule has 1 aromatic rings. The van der Waals surface area contributed by atoms with Crippen LogP contribution >= 0.6 is 12.2 Å². The van der Waals surface area contributed by atoms with E-state index in [0.29, 0.717) is 5.69 Å². The average Bonchev–Trinajstić information content (AvgIpc) is 2.54. The zero-order chi connectivity index (χ0) is 15.9. The lowest BCUT2D eigenvalue weighted by molar-refractivity contribution is -0.384. The average molecular weight is 322 g/mol. The molecule has 0 spiro atoms. The second kappa shape index (κ2) is 7.69. The largest absolute Gasteiger partial charge is 0.331 e. The van der Waals surface area contributed by atoms with Crippen molar-refractivity contribution in [2.75, 3.05) is 5.32 Å². The molecule has 0 unspecified atom stereocenters. The standard InChI is InChI=1S/C14H18N4O3S/c19-13(10-4-2-1-3-5-10)16-17-14(22)15-11-6-8-12(9-7-11)18(20)21/h6-10H,1-5H2,(H,16,19)(H2,15,17,22). The summed E-state index contributed by atoms with van der Waals surface area (Å²) in [6.45, 7) is 0. The van der Waals surface area contributed by atoms with Crippen molar-refractivity contribution in [1.29, 1.82) is 0 Å². The zero-order valence-corrected chi connectivity index (χ0v) is 12.8. The fourth-order valence-corrected chi connectivity index (χ4v) is 2.58. The third-order valence-corrected chi connectivity index (χ3v) is 3.82. The van der Waals surface area contributed by atoms with Gasteiger partial charge in [-0.3, -0.25) is 25.8 Å². The summed E-state index contributed by atoms with van der Waals surface area (Å²) in [4.78, 5) is 22.0. The lowest BCUT2D eigenvalue weighted by atomic mass is 9.89. The SMILES string of the molecule is O=C(NNC(=S)Nc1ccc([N+](=O)[O-])cc1)C1CCCCC1. The van der Waals surface area contributed by atoms with Gasteiger partial charge in [0, 0.05) is 23.7 Å². The number of nitrogens with one attached hydrogen (secondary N) is 3. The molecule has 0 atom stereocenters. The van der Waals surface area contributed by atoms with Crippen molar-refractivity contribution < 1.29 is 9.72 Å². The van der Waals surface area contributed by atoms with Crippen LogP contribution < -0.4 is 16.2 Å². The number of carbonyl (C=O) groups is 1. The number of non-ortho nitro benzene ring substituents is 1. The van der Waals surface area contributed by atoms with Crippen molar-refractivity contribution in [2.24, 2.45) is 5.92 Å². The number of thiocarbonyl (C=S) groups is 1. The molecule has 3 N–H and O–H groups in total. The Hall–Kier alpha value is -2.22. The van der Waals surface area contributed by atoms with E-state index in [-0.39, 0.29) is 22.6 Å². The molecular formula is C14H18N4O3S. The van der Waals surface area contributed by atoms with Crippen molar-refractivity contribution in [3.63, 3.8) is 0 Å². The molecule has 0 aromatic heterocycles. The highest BCUT2D eigenvalue weighted by Crippen LogP contribution is 2.23. The van der Waals surface area contributed by atoms with Gasteiger partial charge in [-0.1, -0.05) is 19.3 Å². The Kier molecular flexibility index (Phi) is 5.65. The van der Waals surface area contributed by atoms with Crippen molar-refractivity contribution in [2.45, 2.75) is 32.1 Å². The minimum Gasteiger partial charge on any atom is -0.331 e. The minimum atomic E-state index is -0.468. The molecule has 22 heavy (non-hydrogen) atoms. The Bertz CT molecular complexity index is 556. The van der Waals surface area contributed by atoms with Crippen LogP contribution in [0.4, 0.5) is 11.4 Å². The van der Waals surface area contributed by atoms with Gasteiger partial charge in [-0.2, -0.15) is 0 Å². The van der Waals surface area contributed by atoms with Crippen LogP contribution in [-0.2, 0) is 4.79 Å².